The first-order valence-electron chi connectivity index (χ1n) is 7.01. The van der Waals surface area contributed by atoms with Crippen molar-refractivity contribution in [3.63, 3.8) is 0 Å². The fraction of sp³-hybridized carbons (Fsp3) is 0.312. The third-order valence-electron chi connectivity index (χ3n) is 3.72. The van der Waals surface area contributed by atoms with Gasteiger partial charge >= 0.3 is 5.97 Å². The SMILES string of the molecule is CCc1nc(C2CCOc3ccccc32)ncc1C(=O)O. The monoisotopic (exact) mass is 284 g/mol. The van der Waals surface area contributed by atoms with Crippen molar-refractivity contribution in [1.29, 1.82) is 0 Å². The number of hydrogen-bond acceptors (Lipinski definition) is 4. The highest BCUT2D eigenvalue weighted by molar-refractivity contribution is 5.88. The second-order valence-electron chi connectivity index (χ2n) is 4.97. The number of aromatic carboxylic acids is 1. The molecule has 0 aliphatic carbocycles. The lowest BCUT2D eigenvalue weighted by molar-refractivity contribution is 0.0694. The number of rotatable bonds is 3. The molecule has 5 heteroatoms. The van der Waals surface area contributed by atoms with Crippen LogP contribution in [0.1, 0.15) is 46.7 Å². The topological polar surface area (TPSA) is 72.3 Å². The fourth-order valence-electron chi connectivity index (χ4n) is 2.66. The highest BCUT2D eigenvalue weighted by atomic mass is 16.5. The largest absolute Gasteiger partial charge is 0.493 e. The van der Waals surface area contributed by atoms with Crippen LogP contribution < -0.4 is 4.74 Å². The molecule has 0 saturated carbocycles. The first-order chi connectivity index (χ1) is 10.2. The lowest BCUT2D eigenvalue weighted by Crippen LogP contribution is -2.18. The van der Waals surface area contributed by atoms with E-state index in [2.05, 4.69) is 9.97 Å². The molecule has 2 heterocycles. The van der Waals surface area contributed by atoms with E-state index in [9.17, 15) is 4.79 Å². The summed E-state index contributed by atoms with van der Waals surface area (Å²) in [5, 5.41) is 9.16. The molecular weight excluding hydrogens is 268 g/mol. The average Bonchev–Trinajstić information content (AvgIpc) is 2.53. The Morgan fingerprint density at radius 3 is 3.00 bits per heavy atom. The van der Waals surface area contributed by atoms with Gasteiger partial charge < -0.3 is 9.84 Å². The van der Waals surface area contributed by atoms with Gasteiger partial charge in [0.2, 0.25) is 0 Å². The van der Waals surface area contributed by atoms with Crippen molar-refractivity contribution in [2.75, 3.05) is 6.61 Å². The van der Waals surface area contributed by atoms with Gasteiger partial charge in [-0.3, -0.25) is 0 Å². The van der Waals surface area contributed by atoms with Crippen LogP contribution in [0.15, 0.2) is 30.5 Å². The standard InChI is InChI=1S/C16H16N2O3/c1-2-13-12(16(19)20)9-17-15(18-13)11-7-8-21-14-6-4-3-5-10(11)14/h3-6,9,11H,2,7-8H2,1H3,(H,19,20). The summed E-state index contributed by atoms with van der Waals surface area (Å²) >= 11 is 0. The zero-order valence-electron chi connectivity index (χ0n) is 11.7. The summed E-state index contributed by atoms with van der Waals surface area (Å²) < 4.78 is 5.64. The smallest absolute Gasteiger partial charge is 0.339 e. The summed E-state index contributed by atoms with van der Waals surface area (Å²) in [6.45, 7) is 2.52. The summed E-state index contributed by atoms with van der Waals surface area (Å²) in [4.78, 5) is 19.9. The normalized spacial score (nSPS) is 16.9. The molecule has 108 valence electrons. The van der Waals surface area contributed by atoms with Gasteiger partial charge in [0.15, 0.2) is 0 Å². The van der Waals surface area contributed by atoms with Crippen molar-refractivity contribution in [2.45, 2.75) is 25.7 Å². The molecule has 1 aromatic carbocycles. The minimum atomic E-state index is -0.981. The Morgan fingerprint density at radius 1 is 1.43 bits per heavy atom. The van der Waals surface area contributed by atoms with Gasteiger partial charge in [-0.25, -0.2) is 14.8 Å². The third kappa shape index (κ3) is 2.46. The predicted molar refractivity (Wildman–Crippen MR) is 76.8 cm³/mol. The fourth-order valence-corrected chi connectivity index (χ4v) is 2.66. The molecule has 0 bridgehead atoms. The predicted octanol–water partition coefficient (Wildman–Crippen LogP) is 2.65. The Morgan fingerprint density at radius 2 is 2.24 bits per heavy atom. The number of aromatic nitrogens is 2. The Labute approximate surface area is 122 Å². The zero-order valence-corrected chi connectivity index (χ0v) is 11.7. The lowest BCUT2D eigenvalue weighted by atomic mass is 9.92. The van der Waals surface area contributed by atoms with E-state index in [4.69, 9.17) is 9.84 Å². The lowest BCUT2D eigenvalue weighted by Gasteiger charge is -2.25. The van der Waals surface area contributed by atoms with Gasteiger partial charge in [0.05, 0.1) is 23.8 Å². The van der Waals surface area contributed by atoms with Crippen LogP contribution in [0.2, 0.25) is 0 Å². The van der Waals surface area contributed by atoms with Crippen molar-refractivity contribution >= 4 is 5.97 Å². The van der Waals surface area contributed by atoms with E-state index < -0.39 is 5.97 Å². The molecule has 0 fully saturated rings. The van der Waals surface area contributed by atoms with Crippen LogP contribution in [-0.2, 0) is 6.42 Å². The second-order valence-corrected chi connectivity index (χ2v) is 4.97. The van der Waals surface area contributed by atoms with Gasteiger partial charge in [0.25, 0.3) is 0 Å². The van der Waals surface area contributed by atoms with Gasteiger partial charge in [0.1, 0.15) is 11.6 Å². The molecule has 1 aromatic heterocycles. The Bertz CT molecular complexity index is 685. The van der Waals surface area contributed by atoms with Crippen LogP contribution in [-0.4, -0.2) is 27.7 Å². The molecule has 0 spiro atoms. The van der Waals surface area contributed by atoms with Gasteiger partial charge in [-0.1, -0.05) is 25.1 Å². The summed E-state index contributed by atoms with van der Waals surface area (Å²) in [5.74, 6) is 0.610. The maximum atomic E-state index is 11.2. The van der Waals surface area contributed by atoms with E-state index >= 15 is 0 Å². The van der Waals surface area contributed by atoms with Crippen molar-refractivity contribution in [3.8, 4) is 5.75 Å². The molecule has 5 nitrogen and oxygen atoms in total. The van der Waals surface area contributed by atoms with Crippen LogP contribution >= 0.6 is 0 Å². The van der Waals surface area contributed by atoms with E-state index in [-0.39, 0.29) is 11.5 Å². The Kier molecular flexibility index (Phi) is 3.56. The molecule has 0 amide bonds. The van der Waals surface area contributed by atoms with Crippen LogP contribution in [0.4, 0.5) is 0 Å². The van der Waals surface area contributed by atoms with Crippen LogP contribution in [0.5, 0.6) is 5.75 Å². The van der Waals surface area contributed by atoms with E-state index in [1.807, 2.05) is 31.2 Å². The number of hydrogen-bond donors (Lipinski definition) is 1. The van der Waals surface area contributed by atoms with E-state index in [1.54, 1.807) is 0 Å². The number of ether oxygens (including phenoxy) is 1. The van der Waals surface area contributed by atoms with E-state index in [0.29, 0.717) is 24.5 Å². The van der Waals surface area contributed by atoms with Gasteiger partial charge in [-0.2, -0.15) is 0 Å². The number of carbonyl (C=O) groups is 1. The Hall–Kier alpha value is -2.43. The maximum Gasteiger partial charge on any atom is 0.339 e. The molecule has 1 atom stereocenters. The molecule has 21 heavy (non-hydrogen) atoms. The average molecular weight is 284 g/mol. The van der Waals surface area contributed by atoms with Crippen molar-refractivity contribution in [3.05, 3.63) is 53.1 Å². The number of nitrogens with zero attached hydrogens (tertiary/aromatic N) is 2. The van der Waals surface area contributed by atoms with Crippen molar-refractivity contribution in [1.82, 2.24) is 9.97 Å². The Balaban J connectivity index is 2.04. The van der Waals surface area contributed by atoms with Gasteiger partial charge in [0, 0.05) is 11.8 Å². The molecule has 3 rings (SSSR count). The molecule has 1 N–H and O–H groups in total. The summed E-state index contributed by atoms with van der Waals surface area (Å²) in [6.07, 6.45) is 2.79. The van der Waals surface area contributed by atoms with E-state index in [1.165, 1.54) is 6.20 Å². The summed E-state index contributed by atoms with van der Waals surface area (Å²) in [7, 11) is 0. The first-order valence-corrected chi connectivity index (χ1v) is 7.01. The number of para-hydroxylation sites is 1. The molecule has 1 aliphatic rings. The summed E-state index contributed by atoms with van der Waals surface area (Å²) in [5.41, 5.74) is 1.83. The van der Waals surface area contributed by atoms with Gasteiger partial charge in [-0.15, -0.1) is 0 Å². The van der Waals surface area contributed by atoms with Crippen molar-refractivity contribution in [2.24, 2.45) is 0 Å². The quantitative estimate of drug-likeness (QED) is 0.938. The molecule has 0 saturated heterocycles. The minimum Gasteiger partial charge on any atom is -0.493 e. The van der Waals surface area contributed by atoms with Crippen LogP contribution in [0, 0.1) is 0 Å². The second kappa shape index (κ2) is 5.52. The number of benzene rings is 1. The number of aryl methyl sites for hydroxylation is 1. The van der Waals surface area contributed by atoms with E-state index in [0.717, 1.165) is 17.7 Å². The number of carboxylic acid groups (broad SMARTS) is 1. The molecule has 2 aromatic rings. The molecule has 0 radical (unpaired) electrons. The van der Waals surface area contributed by atoms with Gasteiger partial charge in [-0.05, 0) is 18.9 Å². The number of fused-ring (bicyclic) bond motifs is 1. The van der Waals surface area contributed by atoms with Crippen LogP contribution in [0.25, 0.3) is 0 Å². The highest BCUT2D eigenvalue weighted by Crippen LogP contribution is 2.36. The molecule has 1 aliphatic heterocycles. The zero-order chi connectivity index (χ0) is 14.8. The summed E-state index contributed by atoms with van der Waals surface area (Å²) in [6, 6.07) is 7.85. The first kappa shape index (κ1) is 13.5. The highest BCUT2D eigenvalue weighted by Gasteiger charge is 2.26. The molecule has 1 unspecified atom stereocenters. The third-order valence-corrected chi connectivity index (χ3v) is 3.72. The van der Waals surface area contributed by atoms with Crippen molar-refractivity contribution < 1.29 is 14.6 Å². The van der Waals surface area contributed by atoms with Crippen LogP contribution in [0.3, 0.4) is 0 Å². The maximum absolute atomic E-state index is 11.2. The minimum absolute atomic E-state index is 0.0584. The number of carboxylic acids is 1. The molecular formula is C16H16N2O3.